The maximum atomic E-state index is 12.7. The molecule has 2 aromatic heterocycles. The number of fused-ring (bicyclic) bond motifs is 4. The van der Waals surface area contributed by atoms with Crippen molar-refractivity contribution in [2.45, 2.75) is 78.0 Å². The molecule has 4 aliphatic rings. The van der Waals surface area contributed by atoms with Crippen molar-refractivity contribution in [1.82, 2.24) is 39.5 Å². The van der Waals surface area contributed by atoms with Crippen LogP contribution in [0.25, 0.3) is 0 Å². The Balaban J connectivity index is 0.000000165. The predicted octanol–water partition coefficient (Wildman–Crippen LogP) is 4.32. The van der Waals surface area contributed by atoms with Gasteiger partial charge < -0.3 is 14.6 Å². The number of carbonyl (C=O) groups excluding carboxylic acids is 6. The van der Waals surface area contributed by atoms with Crippen molar-refractivity contribution in [3.8, 4) is 0 Å². The van der Waals surface area contributed by atoms with Gasteiger partial charge in [0, 0.05) is 25.2 Å². The smallest absolute Gasteiger partial charge is 0.410 e. The minimum Gasteiger partial charge on any atom is -0.444 e. The molecule has 59 heavy (non-hydrogen) atoms. The van der Waals surface area contributed by atoms with Crippen molar-refractivity contribution < 1.29 is 53.4 Å². The molecule has 0 fully saturated rings. The van der Waals surface area contributed by atoms with E-state index < -0.39 is 59.2 Å². The molecule has 6 amide bonds. The molecule has 0 saturated carbocycles. The van der Waals surface area contributed by atoms with Crippen LogP contribution in [0.3, 0.4) is 0 Å². The Labute approximate surface area is 339 Å². The van der Waals surface area contributed by atoms with E-state index in [1.807, 2.05) is 20.8 Å². The third kappa shape index (κ3) is 8.86. The second-order valence-corrected chi connectivity index (χ2v) is 16.1. The van der Waals surface area contributed by atoms with Gasteiger partial charge >= 0.3 is 12.2 Å². The number of hydrogen-bond acceptors (Lipinski definition) is 13. The van der Waals surface area contributed by atoms with Gasteiger partial charge in [0.05, 0.1) is 72.2 Å². The zero-order valence-corrected chi connectivity index (χ0v) is 33.9. The summed E-state index contributed by atoms with van der Waals surface area (Å²) in [4.78, 5) is 80.8. The lowest BCUT2D eigenvalue weighted by atomic mass is 10.1. The van der Waals surface area contributed by atoms with Crippen LogP contribution in [-0.2, 0) is 41.5 Å². The summed E-state index contributed by atoms with van der Waals surface area (Å²) in [5.74, 6) is -2.36. The molecule has 2 N–H and O–H groups in total. The number of ether oxygens (including phenoxy) is 2. The van der Waals surface area contributed by atoms with Gasteiger partial charge in [-0.2, -0.15) is 10.2 Å². The van der Waals surface area contributed by atoms with Gasteiger partial charge in [0.15, 0.2) is 0 Å². The molecular formula is C40H46N8O11. The highest BCUT2D eigenvalue weighted by molar-refractivity contribution is 6.21. The van der Waals surface area contributed by atoms with E-state index in [4.69, 9.17) is 19.5 Å². The fraction of sp³-hybridized carbons (Fsp3) is 0.400. The highest BCUT2D eigenvalue weighted by atomic mass is 16.7. The molecule has 2 aromatic carbocycles. The summed E-state index contributed by atoms with van der Waals surface area (Å²) in [6.07, 6.45) is 0.933. The van der Waals surface area contributed by atoms with E-state index in [0.717, 1.165) is 27.6 Å². The summed E-state index contributed by atoms with van der Waals surface area (Å²) in [6.45, 7) is 11.9. The van der Waals surface area contributed by atoms with Crippen molar-refractivity contribution in [1.29, 1.82) is 0 Å². The topological polar surface area (TPSA) is 219 Å². The molecule has 6 heterocycles. The summed E-state index contributed by atoms with van der Waals surface area (Å²) in [5, 5.41) is 28.1. The Morgan fingerprint density at radius 3 is 1.47 bits per heavy atom. The van der Waals surface area contributed by atoms with E-state index in [-0.39, 0.29) is 29.3 Å². The summed E-state index contributed by atoms with van der Waals surface area (Å²) in [5.41, 5.74) is 3.03. The fourth-order valence-corrected chi connectivity index (χ4v) is 6.58. The largest absolute Gasteiger partial charge is 0.444 e. The number of carbonyl (C=O) groups is 6. The zero-order chi connectivity index (χ0) is 43.1. The maximum absolute atomic E-state index is 12.7. The fourth-order valence-electron chi connectivity index (χ4n) is 6.58. The minimum atomic E-state index is -0.734. The van der Waals surface area contributed by atoms with E-state index in [0.29, 0.717) is 24.2 Å². The number of imide groups is 2. The summed E-state index contributed by atoms with van der Waals surface area (Å²) < 4.78 is 14.1. The van der Waals surface area contributed by atoms with Crippen molar-refractivity contribution in [3.05, 3.63) is 106 Å². The average molecular weight is 815 g/mol. The number of aromatic nitrogens is 4. The monoisotopic (exact) mass is 814 g/mol. The summed E-state index contributed by atoms with van der Waals surface area (Å²) in [6, 6.07) is 12.9. The molecule has 0 saturated heterocycles. The van der Waals surface area contributed by atoms with Crippen LogP contribution in [0.1, 0.15) is 118 Å². The Morgan fingerprint density at radius 2 is 1.03 bits per heavy atom. The Kier molecular flexibility index (Phi) is 11.5. The number of β-amino-alcohol motifs (C(OH)–C–C–N with tert-alkyl or cyclic N) is 1. The number of aryl methyl sites for hydroxylation is 2. The number of amides is 6. The quantitative estimate of drug-likeness (QED) is 0.213. The summed E-state index contributed by atoms with van der Waals surface area (Å²) in [7, 11) is 3.56. The van der Waals surface area contributed by atoms with Gasteiger partial charge in [-0.15, -0.1) is 10.1 Å². The van der Waals surface area contributed by atoms with E-state index in [1.54, 1.807) is 93.0 Å². The van der Waals surface area contributed by atoms with Crippen LogP contribution < -0.4 is 0 Å². The highest BCUT2D eigenvalue weighted by Crippen LogP contribution is 2.34. The predicted molar refractivity (Wildman–Crippen MR) is 204 cm³/mol. The maximum Gasteiger partial charge on any atom is 0.410 e. The Morgan fingerprint density at radius 1 is 0.644 bits per heavy atom. The molecule has 19 heteroatoms. The molecule has 0 bridgehead atoms. The highest BCUT2D eigenvalue weighted by Gasteiger charge is 2.42. The third-order valence-electron chi connectivity index (χ3n) is 9.42. The van der Waals surface area contributed by atoms with Gasteiger partial charge in [-0.3, -0.25) is 48.4 Å². The van der Waals surface area contributed by atoms with Crippen molar-refractivity contribution in [3.63, 3.8) is 0 Å². The number of nitrogens with zero attached hydrogens (tertiary/aromatic N) is 8. The number of hydrogen-bond donors (Lipinski definition) is 2. The number of hydroxylamine groups is 4. The molecule has 19 nitrogen and oxygen atoms in total. The standard InChI is InChI=1S/C20H22N4O5.C12H19N3O3.C8H5NO3/c1-20(2,3)28-19(27)23-10-15-14(9-21-22(15)4)16(11-23)29-24-17(25)12-7-5-6-8-13(12)18(24)26;1-12(2,3)18-11(17)15-6-9-8(10(16)7-15)5-13-14(9)4;10-7-5-3-1-2-4-6(5)8(11)9(7)12/h5-9,16H,10-11H2,1-4H3;5,10,16H,6-7H2,1-4H3;1-4,12H. The second-order valence-electron chi connectivity index (χ2n) is 16.1. The van der Waals surface area contributed by atoms with Crippen LogP contribution in [0.4, 0.5) is 9.59 Å². The van der Waals surface area contributed by atoms with E-state index >= 15 is 0 Å². The molecule has 8 rings (SSSR count). The molecule has 2 atom stereocenters. The lowest BCUT2D eigenvalue weighted by Gasteiger charge is -2.34. The van der Waals surface area contributed by atoms with Crippen LogP contribution in [0.5, 0.6) is 0 Å². The van der Waals surface area contributed by atoms with Crippen LogP contribution in [0.2, 0.25) is 0 Å². The first-order valence-electron chi connectivity index (χ1n) is 18.6. The van der Waals surface area contributed by atoms with Gasteiger partial charge in [-0.25, -0.2) is 9.59 Å². The van der Waals surface area contributed by atoms with Crippen LogP contribution >= 0.6 is 0 Å². The first-order chi connectivity index (χ1) is 27.6. The van der Waals surface area contributed by atoms with E-state index in [1.165, 1.54) is 21.9 Å². The van der Waals surface area contributed by atoms with Crippen LogP contribution in [0, 0.1) is 0 Å². The van der Waals surface area contributed by atoms with E-state index in [2.05, 4.69) is 10.2 Å². The van der Waals surface area contributed by atoms with Crippen LogP contribution in [-0.4, -0.2) is 110 Å². The molecule has 4 aliphatic heterocycles. The molecule has 2 unspecified atom stereocenters. The average Bonchev–Trinajstić information content (AvgIpc) is 3.87. The number of aliphatic hydroxyl groups is 1. The number of aliphatic hydroxyl groups excluding tert-OH is 1. The Bertz CT molecular complexity index is 2250. The number of rotatable bonds is 2. The van der Waals surface area contributed by atoms with Gasteiger partial charge in [0.2, 0.25) is 0 Å². The number of benzene rings is 2. The zero-order valence-electron chi connectivity index (χ0n) is 33.9. The summed E-state index contributed by atoms with van der Waals surface area (Å²) >= 11 is 0. The van der Waals surface area contributed by atoms with Crippen molar-refractivity contribution >= 4 is 35.8 Å². The first kappa shape index (κ1) is 42.2. The molecule has 0 radical (unpaired) electrons. The molecular weight excluding hydrogens is 768 g/mol. The van der Waals surface area contributed by atoms with Gasteiger partial charge in [0.1, 0.15) is 23.4 Å². The molecule has 4 aromatic rings. The minimum absolute atomic E-state index is 0.126. The molecule has 312 valence electrons. The molecule has 0 aliphatic carbocycles. The van der Waals surface area contributed by atoms with Gasteiger partial charge in [0.25, 0.3) is 23.6 Å². The Hall–Kier alpha value is -6.44. The lowest BCUT2D eigenvalue weighted by Crippen LogP contribution is -2.44. The van der Waals surface area contributed by atoms with Gasteiger partial charge in [-0.1, -0.05) is 24.3 Å². The lowest BCUT2D eigenvalue weighted by molar-refractivity contribution is -0.144. The molecule has 0 spiro atoms. The SMILES string of the molecule is Cn1ncc2c1CN(C(=O)OC(C)(C)C)CC2O.Cn1ncc2c1CN(C(=O)OC(C)(C)C)CC2ON1C(=O)c2ccccc2C1=O.O=C1c2ccccc2C(=O)N1O. The van der Waals surface area contributed by atoms with E-state index in [9.17, 15) is 33.9 Å². The van der Waals surface area contributed by atoms with Crippen LogP contribution in [0.15, 0.2) is 60.9 Å². The van der Waals surface area contributed by atoms with Crippen molar-refractivity contribution in [2.24, 2.45) is 14.1 Å². The van der Waals surface area contributed by atoms with Crippen molar-refractivity contribution in [2.75, 3.05) is 13.1 Å². The normalized spacial score (nSPS) is 18.3. The first-order valence-corrected chi connectivity index (χ1v) is 18.6. The van der Waals surface area contributed by atoms with Gasteiger partial charge in [-0.05, 0) is 65.8 Å². The third-order valence-corrected chi connectivity index (χ3v) is 9.42. The second kappa shape index (κ2) is 16.1.